The number of ether oxygens (including phenoxy) is 3. The van der Waals surface area contributed by atoms with Crippen LogP contribution in [0.25, 0.3) is 0 Å². The second-order valence-electron chi connectivity index (χ2n) is 4.38. The maximum Gasteiger partial charge on any atom is 0.203 e. The molecule has 0 saturated heterocycles. The Morgan fingerprint density at radius 3 is 2.10 bits per heavy atom. The molecule has 2 aromatic rings. The molecule has 4 heteroatoms. The maximum absolute atomic E-state index is 12.0. The van der Waals surface area contributed by atoms with Crippen molar-refractivity contribution in [3.05, 3.63) is 54.1 Å². The summed E-state index contributed by atoms with van der Waals surface area (Å²) in [7, 11) is 3.13. The Kier molecular flexibility index (Phi) is 5.21. The summed E-state index contributed by atoms with van der Waals surface area (Å²) in [6, 6.07) is 14.6. The van der Waals surface area contributed by atoms with Crippen molar-refractivity contribution in [2.24, 2.45) is 0 Å². The van der Waals surface area contributed by atoms with Crippen LogP contribution in [-0.2, 0) is 0 Å². The number of ketones is 1. The van der Waals surface area contributed by atoms with Crippen LogP contribution in [0, 0.1) is 0 Å². The summed E-state index contributed by atoms with van der Waals surface area (Å²) >= 11 is 0. The summed E-state index contributed by atoms with van der Waals surface area (Å²) in [6.45, 7) is 0.268. The van der Waals surface area contributed by atoms with E-state index in [9.17, 15) is 4.79 Å². The molecule has 110 valence electrons. The van der Waals surface area contributed by atoms with Crippen LogP contribution in [0.2, 0.25) is 0 Å². The van der Waals surface area contributed by atoms with Gasteiger partial charge in [0.1, 0.15) is 0 Å². The van der Waals surface area contributed by atoms with Gasteiger partial charge in [0.25, 0.3) is 0 Å². The highest BCUT2D eigenvalue weighted by molar-refractivity contribution is 5.96. The Labute approximate surface area is 124 Å². The second kappa shape index (κ2) is 7.33. The standard InChI is InChI=1S/C17H18O4/c1-19-15-9-6-10-16(20-2)17(15)21-12-11-14(18)13-7-4-3-5-8-13/h3-10H,11-12H2,1-2H3. The molecule has 0 saturated carbocycles. The molecule has 0 unspecified atom stereocenters. The molecular formula is C17H18O4. The van der Waals surface area contributed by atoms with E-state index in [0.29, 0.717) is 29.2 Å². The third-order valence-electron chi connectivity index (χ3n) is 3.05. The van der Waals surface area contributed by atoms with Gasteiger partial charge in [0.05, 0.1) is 20.8 Å². The van der Waals surface area contributed by atoms with Crippen LogP contribution in [0.15, 0.2) is 48.5 Å². The van der Waals surface area contributed by atoms with Crippen LogP contribution in [0.4, 0.5) is 0 Å². The van der Waals surface area contributed by atoms with E-state index in [0.717, 1.165) is 0 Å². The Hall–Kier alpha value is -2.49. The van der Waals surface area contributed by atoms with Crippen molar-refractivity contribution in [2.75, 3.05) is 20.8 Å². The van der Waals surface area contributed by atoms with Crippen LogP contribution in [-0.4, -0.2) is 26.6 Å². The fourth-order valence-electron chi connectivity index (χ4n) is 1.97. The first-order chi connectivity index (χ1) is 10.3. The highest BCUT2D eigenvalue weighted by Gasteiger charge is 2.12. The molecule has 0 aliphatic carbocycles. The van der Waals surface area contributed by atoms with Crippen LogP contribution >= 0.6 is 0 Å². The minimum atomic E-state index is 0.0458. The number of carbonyl (C=O) groups is 1. The number of hydrogen-bond donors (Lipinski definition) is 0. The molecule has 0 amide bonds. The smallest absolute Gasteiger partial charge is 0.203 e. The molecule has 0 bridgehead atoms. The van der Waals surface area contributed by atoms with Gasteiger partial charge in [-0.15, -0.1) is 0 Å². The van der Waals surface area contributed by atoms with Gasteiger partial charge < -0.3 is 14.2 Å². The number of carbonyl (C=O) groups excluding carboxylic acids is 1. The zero-order valence-electron chi connectivity index (χ0n) is 12.2. The SMILES string of the molecule is COc1cccc(OC)c1OCCC(=O)c1ccccc1. The van der Waals surface area contributed by atoms with E-state index in [1.165, 1.54) is 0 Å². The number of methoxy groups -OCH3 is 2. The summed E-state index contributed by atoms with van der Waals surface area (Å²) in [5, 5.41) is 0. The normalized spacial score (nSPS) is 10.0. The zero-order valence-corrected chi connectivity index (χ0v) is 12.2. The van der Waals surface area contributed by atoms with E-state index in [4.69, 9.17) is 14.2 Å². The van der Waals surface area contributed by atoms with E-state index in [1.54, 1.807) is 38.5 Å². The maximum atomic E-state index is 12.0. The van der Waals surface area contributed by atoms with E-state index < -0.39 is 0 Å². The molecular weight excluding hydrogens is 268 g/mol. The van der Waals surface area contributed by atoms with Crippen molar-refractivity contribution >= 4 is 5.78 Å². The third-order valence-corrected chi connectivity index (χ3v) is 3.05. The molecule has 2 aromatic carbocycles. The third kappa shape index (κ3) is 3.75. The van der Waals surface area contributed by atoms with Crippen molar-refractivity contribution in [3.63, 3.8) is 0 Å². The highest BCUT2D eigenvalue weighted by atomic mass is 16.5. The molecule has 4 nitrogen and oxygen atoms in total. The van der Waals surface area contributed by atoms with E-state index in [-0.39, 0.29) is 12.4 Å². The van der Waals surface area contributed by atoms with Gasteiger partial charge in [-0.1, -0.05) is 36.4 Å². The lowest BCUT2D eigenvalue weighted by Gasteiger charge is -2.13. The van der Waals surface area contributed by atoms with E-state index in [2.05, 4.69) is 0 Å². The molecule has 0 aliphatic heterocycles. The number of Topliss-reactive ketones (excluding diaryl/α,β-unsaturated/α-hetero) is 1. The summed E-state index contributed by atoms with van der Waals surface area (Å²) in [5.74, 6) is 1.73. The lowest BCUT2D eigenvalue weighted by Crippen LogP contribution is -2.07. The van der Waals surface area contributed by atoms with Crippen LogP contribution < -0.4 is 14.2 Å². The van der Waals surface area contributed by atoms with E-state index in [1.807, 2.05) is 24.3 Å². The highest BCUT2D eigenvalue weighted by Crippen LogP contribution is 2.36. The van der Waals surface area contributed by atoms with Crippen LogP contribution in [0.1, 0.15) is 16.8 Å². The predicted molar refractivity (Wildman–Crippen MR) is 80.4 cm³/mol. The topological polar surface area (TPSA) is 44.8 Å². The monoisotopic (exact) mass is 286 g/mol. The average molecular weight is 286 g/mol. The Bertz CT molecular complexity index is 571. The minimum Gasteiger partial charge on any atom is -0.493 e. The molecule has 0 fully saturated rings. The quantitative estimate of drug-likeness (QED) is 0.732. The molecule has 0 aliphatic rings. The zero-order chi connectivity index (χ0) is 15.1. The van der Waals surface area contributed by atoms with Gasteiger partial charge in [-0.05, 0) is 12.1 Å². The van der Waals surface area contributed by atoms with Crippen molar-refractivity contribution in [1.29, 1.82) is 0 Å². The molecule has 0 spiro atoms. The first kappa shape index (κ1) is 14.9. The molecule has 21 heavy (non-hydrogen) atoms. The van der Waals surface area contributed by atoms with Crippen LogP contribution in [0.3, 0.4) is 0 Å². The lowest BCUT2D eigenvalue weighted by molar-refractivity contribution is 0.0960. The average Bonchev–Trinajstić information content (AvgIpc) is 2.55. The molecule has 0 radical (unpaired) electrons. The van der Waals surface area contributed by atoms with Gasteiger partial charge >= 0.3 is 0 Å². The number of para-hydroxylation sites is 1. The van der Waals surface area contributed by atoms with Gasteiger partial charge in [-0.25, -0.2) is 0 Å². The summed E-state index contributed by atoms with van der Waals surface area (Å²) in [6.07, 6.45) is 0.297. The van der Waals surface area contributed by atoms with Gasteiger partial charge in [-0.2, -0.15) is 0 Å². The van der Waals surface area contributed by atoms with Crippen molar-refractivity contribution < 1.29 is 19.0 Å². The molecule has 2 rings (SSSR count). The summed E-state index contributed by atoms with van der Waals surface area (Å²) in [4.78, 5) is 12.0. The molecule has 0 heterocycles. The largest absolute Gasteiger partial charge is 0.493 e. The number of rotatable bonds is 7. The molecule has 0 N–H and O–H groups in total. The van der Waals surface area contributed by atoms with Crippen molar-refractivity contribution in [1.82, 2.24) is 0 Å². The lowest BCUT2D eigenvalue weighted by atomic mass is 10.1. The predicted octanol–water partition coefficient (Wildman–Crippen LogP) is 3.36. The van der Waals surface area contributed by atoms with Gasteiger partial charge in [0, 0.05) is 12.0 Å². The summed E-state index contributed by atoms with van der Waals surface area (Å²) in [5.41, 5.74) is 0.688. The Morgan fingerprint density at radius 2 is 1.52 bits per heavy atom. The minimum absolute atomic E-state index is 0.0458. The number of benzene rings is 2. The fraction of sp³-hybridized carbons (Fsp3) is 0.235. The van der Waals surface area contributed by atoms with Crippen LogP contribution in [0.5, 0.6) is 17.2 Å². The van der Waals surface area contributed by atoms with E-state index >= 15 is 0 Å². The first-order valence-electron chi connectivity index (χ1n) is 6.68. The Balaban J connectivity index is 1.99. The molecule has 0 atom stereocenters. The van der Waals surface area contributed by atoms with Crippen molar-refractivity contribution in [2.45, 2.75) is 6.42 Å². The second-order valence-corrected chi connectivity index (χ2v) is 4.38. The van der Waals surface area contributed by atoms with Gasteiger partial charge in [0.2, 0.25) is 5.75 Å². The van der Waals surface area contributed by atoms with Gasteiger partial charge in [0.15, 0.2) is 17.3 Å². The Morgan fingerprint density at radius 1 is 0.905 bits per heavy atom. The van der Waals surface area contributed by atoms with Crippen molar-refractivity contribution in [3.8, 4) is 17.2 Å². The molecule has 0 aromatic heterocycles. The summed E-state index contributed by atoms with van der Waals surface area (Å²) < 4.78 is 16.2. The van der Waals surface area contributed by atoms with Gasteiger partial charge in [-0.3, -0.25) is 4.79 Å². The first-order valence-corrected chi connectivity index (χ1v) is 6.68. The number of hydrogen-bond acceptors (Lipinski definition) is 4. The fourth-order valence-corrected chi connectivity index (χ4v) is 1.97.